The Morgan fingerprint density at radius 3 is 2.30 bits per heavy atom. The number of rotatable bonds is 3. The largest absolute Gasteiger partial charge is 0.418 e. The van der Waals surface area contributed by atoms with Gasteiger partial charge in [0.1, 0.15) is 6.07 Å². The SMILES string of the molecule is CC.N#Cc1ccc(NNC(=O)c2ccc(Cl)c(C#N)c2)c(C(F)(F)F)c1. The number of benzene rings is 2. The number of anilines is 1. The van der Waals surface area contributed by atoms with Crippen LogP contribution >= 0.6 is 11.6 Å². The van der Waals surface area contributed by atoms with Crippen LogP contribution in [0.5, 0.6) is 0 Å². The van der Waals surface area contributed by atoms with Gasteiger partial charge in [0.25, 0.3) is 5.91 Å². The van der Waals surface area contributed by atoms with Crippen LogP contribution in [0.2, 0.25) is 5.02 Å². The van der Waals surface area contributed by atoms with Crippen LogP contribution in [-0.2, 0) is 6.18 Å². The number of halogens is 4. The van der Waals surface area contributed by atoms with Gasteiger partial charge in [0.05, 0.1) is 33.5 Å². The Balaban J connectivity index is 0.00000176. The van der Waals surface area contributed by atoms with E-state index >= 15 is 0 Å². The van der Waals surface area contributed by atoms with Crippen molar-refractivity contribution >= 4 is 23.2 Å². The molecule has 0 fully saturated rings. The second kappa shape index (κ2) is 9.46. The lowest BCUT2D eigenvalue weighted by Gasteiger charge is -2.15. The van der Waals surface area contributed by atoms with Gasteiger partial charge in [-0.2, -0.15) is 23.7 Å². The standard InChI is InChI=1S/C16H8ClF3N4O.C2H6/c17-13-3-2-10(6-11(13)8-22)15(25)24-23-14-4-1-9(7-21)5-12(14)16(18,19)20;1-2/h1-6,23H,(H,24,25);1-2H3. The summed E-state index contributed by atoms with van der Waals surface area (Å²) < 4.78 is 39.1. The van der Waals surface area contributed by atoms with Gasteiger partial charge in [-0.25, -0.2) is 0 Å². The third kappa shape index (κ3) is 5.63. The lowest BCUT2D eigenvalue weighted by Crippen LogP contribution is -2.30. The molecule has 2 N–H and O–H groups in total. The van der Waals surface area contributed by atoms with Gasteiger partial charge in [-0.1, -0.05) is 25.4 Å². The number of hydrogen-bond donors (Lipinski definition) is 2. The Kier molecular flexibility index (Phi) is 7.64. The number of carbonyl (C=O) groups excluding carboxylic acids is 1. The summed E-state index contributed by atoms with van der Waals surface area (Å²) in [7, 11) is 0. The molecule has 1 amide bonds. The normalized spacial score (nSPS) is 9.93. The number of nitrogens with zero attached hydrogens (tertiary/aromatic N) is 2. The fraction of sp³-hybridized carbons (Fsp3) is 0.167. The first-order valence-electron chi connectivity index (χ1n) is 7.63. The van der Waals surface area contributed by atoms with E-state index in [2.05, 4.69) is 10.9 Å². The summed E-state index contributed by atoms with van der Waals surface area (Å²) in [5, 5.41) is 17.7. The molecular weight excluding hydrogens is 381 g/mol. The second-order valence-electron chi connectivity index (χ2n) is 4.76. The second-order valence-corrected chi connectivity index (χ2v) is 5.16. The van der Waals surface area contributed by atoms with Crippen molar-refractivity contribution in [2.45, 2.75) is 20.0 Å². The molecule has 0 saturated carbocycles. The Morgan fingerprint density at radius 1 is 1.07 bits per heavy atom. The van der Waals surface area contributed by atoms with Crippen LogP contribution in [0.3, 0.4) is 0 Å². The molecule has 0 spiro atoms. The number of alkyl halides is 3. The molecule has 9 heteroatoms. The minimum absolute atomic E-state index is 0.0376. The van der Waals surface area contributed by atoms with Gasteiger partial charge < -0.3 is 0 Å². The van der Waals surface area contributed by atoms with E-state index in [1.807, 2.05) is 13.8 Å². The number of amides is 1. The molecule has 0 aliphatic carbocycles. The Hall–Kier alpha value is -3.23. The van der Waals surface area contributed by atoms with E-state index in [4.69, 9.17) is 22.1 Å². The van der Waals surface area contributed by atoms with Crippen molar-refractivity contribution in [3.8, 4) is 12.1 Å². The van der Waals surface area contributed by atoms with Crippen molar-refractivity contribution in [1.82, 2.24) is 5.43 Å². The highest BCUT2D eigenvalue weighted by molar-refractivity contribution is 6.31. The molecule has 0 bridgehead atoms. The summed E-state index contributed by atoms with van der Waals surface area (Å²) in [6.07, 6.45) is -4.71. The molecule has 5 nitrogen and oxygen atoms in total. The maximum absolute atomic E-state index is 13.0. The molecule has 2 aromatic rings. The number of carbonyl (C=O) groups is 1. The summed E-state index contributed by atoms with van der Waals surface area (Å²) in [5.74, 6) is -0.759. The van der Waals surface area contributed by atoms with Gasteiger partial charge in [0, 0.05) is 5.56 Å². The van der Waals surface area contributed by atoms with Gasteiger partial charge in [-0.15, -0.1) is 0 Å². The first-order chi connectivity index (χ1) is 12.8. The highest BCUT2D eigenvalue weighted by atomic mass is 35.5. The smallest absolute Gasteiger partial charge is 0.298 e. The first kappa shape index (κ1) is 21.8. The Bertz CT molecular complexity index is 914. The number of hydrazine groups is 1. The van der Waals surface area contributed by atoms with Crippen LogP contribution in [-0.4, -0.2) is 5.91 Å². The molecule has 0 radical (unpaired) electrons. The van der Waals surface area contributed by atoms with E-state index in [1.165, 1.54) is 24.3 Å². The molecular formula is C18H14ClF3N4O. The number of hydrogen-bond acceptors (Lipinski definition) is 4. The molecule has 0 unspecified atom stereocenters. The lowest BCUT2D eigenvalue weighted by atomic mass is 10.1. The van der Waals surface area contributed by atoms with E-state index in [9.17, 15) is 18.0 Å². The maximum Gasteiger partial charge on any atom is 0.418 e. The molecule has 0 aromatic heterocycles. The number of nitrogens with one attached hydrogen (secondary N) is 2. The molecule has 2 rings (SSSR count). The van der Waals surface area contributed by atoms with E-state index in [-0.39, 0.29) is 21.7 Å². The summed E-state index contributed by atoms with van der Waals surface area (Å²) >= 11 is 5.75. The third-order valence-corrected chi connectivity index (χ3v) is 3.44. The van der Waals surface area contributed by atoms with Gasteiger partial charge in [-0.3, -0.25) is 15.6 Å². The van der Waals surface area contributed by atoms with Crippen LogP contribution in [0.4, 0.5) is 18.9 Å². The van der Waals surface area contributed by atoms with Gasteiger partial charge in [0.2, 0.25) is 0 Å². The maximum atomic E-state index is 13.0. The average Bonchev–Trinajstić information content (AvgIpc) is 2.67. The summed E-state index contributed by atoms with van der Waals surface area (Å²) in [6, 6.07) is 10.2. The minimum Gasteiger partial charge on any atom is -0.298 e. The topological polar surface area (TPSA) is 88.7 Å². The highest BCUT2D eigenvalue weighted by Crippen LogP contribution is 2.35. The molecule has 0 heterocycles. The van der Waals surface area contributed by atoms with E-state index in [0.29, 0.717) is 6.07 Å². The molecule has 0 aliphatic rings. The van der Waals surface area contributed by atoms with Gasteiger partial charge in [-0.05, 0) is 36.4 Å². The molecule has 0 atom stereocenters. The quantitative estimate of drug-likeness (QED) is 0.726. The minimum atomic E-state index is -4.71. The zero-order chi connectivity index (χ0) is 20.6. The van der Waals surface area contributed by atoms with Gasteiger partial charge >= 0.3 is 6.18 Å². The van der Waals surface area contributed by atoms with Crippen molar-refractivity contribution < 1.29 is 18.0 Å². The molecule has 0 saturated heterocycles. The van der Waals surface area contributed by atoms with Crippen LogP contribution in [0.1, 0.15) is 40.9 Å². The van der Waals surface area contributed by atoms with E-state index < -0.39 is 23.3 Å². The Morgan fingerprint density at radius 2 is 1.74 bits per heavy atom. The third-order valence-electron chi connectivity index (χ3n) is 3.11. The van der Waals surface area contributed by atoms with Crippen LogP contribution in [0.15, 0.2) is 36.4 Å². The van der Waals surface area contributed by atoms with Crippen molar-refractivity contribution in [1.29, 1.82) is 10.5 Å². The fourth-order valence-corrected chi connectivity index (χ4v) is 2.07. The van der Waals surface area contributed by atoms with Crippen LogP contribution in [0.25, 0.3) is 0 Å². The van der Waals surface area contributed by atoms with Crippen molar-refractivity contribution in [3.63, 3.8) is 0 Å². The molecule has 0 aliphatic heterocycles. The number of nitriles is 2. The van der Waals surface area contributed by atoms with Crippen LogP contribution < -0.4 is 10.9 Å². The summed E-state index contributed by atoms with van der Waals surface area (Å²) in [5.41, 5.74) is 2.70. The van der Waals surface area contributed by atoms with E-state index in [1.54, 1.807) is 12.1 Å². The van der Waals surface area contributed by atoms with Crippen molar-refractivity contribution in [2.75, 3.05) is 5.43 Å². The van der Waals surface area contributed by atoms with Gasteiger partial charge in [0.15, 0.2) is 0 Å². The average molecular weight is 395 g/mol. The van der Waals surface area contributed by atoms with E-state index in [0.717, 1.165) is 6.07 Å². The monoisotopic (exact) mass is 394 g/mol. The summed E-state index contributed by atoms with van der Waals surface area (Å²) in [6.45, 7) is 4.00. The Labute approximate surface area is 159 Å². The lowest BCUT2D eigenvalue weighted by molar-refractivity contribution is -0.137. The highest BCUT2D eigenvalue weighted by Gasteiger charge is 2.34. The molecule has 27 heavy (non-hydrogen) atoms. The predicted molar refractivity (Wildman–Crippen MR) is 94.8 cm³/mol. The zero-order valence-electron chi connectivity index (χ0n) is 14.3. The fourth-order valence-electron chi connectivity index (χ4n) is 1.91. The zero-order valence-corrected chi connectivity index (χ0v) is 15.0. The predicted octanol–water partition coefficient (Wildman–Crippen LogP) is 4.89. The van der Waals surface area contributed by atoms with Crippen molar-refractivity contribution in [3.05, 3.63) is 63.7 Å². The van der Waals surface area contributed by atoms with Crippen molar-refractivity contribution in [2.24, 2.45) is 0 Å². The molecule has 140 valence electrons. The van der Waals surface area contributed by atoms with Crippen LogP contribution in [0, 0.1) is 22.7 Å². The summed E-state index contributed by atoms with van der Waals surface area (Å²) in [4.78, 5) is 12.0. The first-order valence-corrected chi connectivity index (χ1v) is 8.01. The molecule has 2 aromatic carbocycles.